The number of carbonyl (C=O) groups is 6. The van der Waals surface area contributed by atoms with Gasteiger partial charge in [0.15, 0.2) is 23.3 Å². The molecule has 1 aromatic rings. The number of aliphatic carboxylic acids is 1. The molecule has 0 fully saturated rings. The molecule has 308 valence electrons. The summed E-state index contributed by atoms with van der Waals surface area (Å²) in [4.78, 5) is 79.3. The van der Waals surface area contributed by atoms with E-state index in [0.29, 0.717) is 32.2 Å². The summed E-state index contributed by atoms with van der Waals surface area (Å²) < 4.78 is 71.8. The number of carboxylic acids is 1. The number of hydrogen-bond donors (Lipinski definition) is 9. The molecule has 0 aromatic heterocycles. The SMILES string of the molecule is CC(C)C[C@H](NC(=O)[C@H](Cc1c(F)c(F)c(F)c(F)c1F)NC(=O)[C@@H]1C/C=C/C[C@H](N)C(=O)N[C@@H](CCCCN)C(=O)N[C@@H](CCCCN)C(=O)N1)C(=O)O. The van der Waals surface area contributed by atoms with Crippen LogP contribution in [0.4, 0.5) is 22.0 Å². The van der Waals surface area contributed by atoms with E-state index in [4.69, 9.17) is 17.2 Å². The van der Waals surface area contributed by atoms with Crippen LogP contribution in [0.25, 0.3) is 0 Å². The summed E-state index contributed by atoms with van der Waals surface area (Å²) in [6, 6.07) is -8.87. The van der Waals surface area contributed by atoms with Gasteiger partial charge in [-0.25, -0.2) is 26.7 Å². The molecule has 1 heterocycles. The first-order valence-electron chi connectivity index (χ1n) is 18.0. The van der Waals surface area contributed by atoms with Crippen LogP contribution in [-0.4, -0.2) is 90.0 Å². The van der Waals surface area contributed by atoms with Gasteiger partial charge in [-0.1, -0.05) is 26.0 Å². The highest BCUT2D eigenvalue weighted by Gasteiger charge is 2.35. The highest BCUT2D eigenvalue weighted by Crippen LogP contribution is 2.24. The van der Waals surface area contributed by atoms with Gasteiger partial charge < -0.3 is 48.9 Å². The lowest BCUT2D eigenvalue weighted by Gasteiger charge is -2.27. The maximum absolute atomic E-state index is 14.8. The Morgan fingerprint density at radius 3 is 1.75 bits per heavy atom. The summed E-state index contributed by atoms with van der Waals surface area (Å²) in [7, 11) is 0. The molecule has 55 heavy (non-hydrogen) atoms. The van der Waals surface area contributed by atoms with E-state index in [0.717, 1.165) is 0 Å². The van der Waals surface area contributed by atoms with E-state index in [-0.39, 0.29) is 44.6 Å². The molecule has 0 saturated heterocycles. The fourth-order valence-corrected chi connectivity index (χ4v) is 5.64. The first-order valence-corrected chi connectivity index (χ1v) is 18.0. The van der Waals surface area contributed by atoms with Gasteiger partial charge in [0.05, 0.1) is 6.04 Å². The van der Waals surface area contributed by atoms with Crippen molar-refractivity contribution in [2.75, 3.05) is 13.1 Å². The molecule has 0 bridgehead atoms. The second kappa shape index (κ2) is 22.6. The van der Waals surface area contributed by atoms with Gasteiger partial charge in [0.25, 0.3) is 0 Å². The molecule has 15 nitrogen and oxygen atoms in total. The molecular formula is C35H51F5N8O7. The van der Waals surface area contributed by atoms with E-state index in [2.05, 4.69) is 26.6 Å². The molecule has 1 aliphatic heterocycles. The molecule has 5 amide bonds. The van der Waals surface area contributed by atoms with Gasteiger partial charge in [-0.2, -0.15) is 0 Å². The molecule has 20 heteroatoms. The molecule has 2 rings (SSSR count). The maximum atomic E-state index is 14.8. The number of unbranched alkanes of at least 4 members (excludes halogenated alkanes) is 2. The van der Waals surface area contributed by atoms with E-state index < -0.39 is 113 Å². The zero-order chi connectivity index (χ0) is 41.4. The molecule has 12 N–H and O–H groups in total. The lowest BCUT2D eigenvalue weighted by molar-refractivity contribution is -0.142. The molecule has 0 aliphatic carbocycles. The van der Waals surface area contributed by atoms with Crippen LogP contribution in [0.15, 0.2) is 12.2 Å². The number of amides is 5. The summed E-state index contributed by atoms with van der Waals surface area (Å²) in [6.07, 6.45) is 2.81. The Morgan fingerprint density at radius 2 is 1.24 bits per heavy atom. The van der Waals surface area contributed by atoms with Crippen molar-refractivity contribution >= 4 is 35.5 Å². The predicted molar refractivity (Wildman–Crippen MR) is 189 cm³/mol. The van der Waals surface area contributed by atoms with Crippen molar-refractivity contribution < 1.29 is 55.8 Å². The van der Waals surface area contributed by atoms with Crippen molar-refractivity contribution in [3.05, 3.63) is 46.8 Å². The minimum Gasteiger partial charge on any atom is -0.480 e. The zero-order valence-electron chi connectivity index (χ0n) is 30.7. The van der Waals surface area contributed by atoms with Crippen molar-refractivity contribution in [1.29, 1.82) is 0 Å². The van der Waals surface area contributed by atoms with Gasteiger partial charge in [-0.05, 0) is 76.8 Å². The number of carbonyl (C=O) groups excluding carboxylic acids is 5. The quantitative estimate of drug-likeness (QED) is 0.0345. The smallest absolute Gasteiger partial charge is 0.326 e. The highest BCUT2D eigenvalue weighted by atomic mass is 19.2. The van der Waals surface area contributed by atoms with Crippen LogP contribution in [0.3, 0.4) is 0 Å². The number of hydrogen-bond acceptors (Lipinski definition) is 9. The van der Waals surface area contributed by atoms with E-state index >= 15 is 0 Å². The second-order valence-electron chi connectivity index (χ2n) is 13.6. The van der Waals surface area contributed by atoms with Crippen molar-refractivity contribution in [2.45, 2.75) is 114 Å². The lowest BCUT2D eigenvalue weighted by atomic mass is 10.00. The average molecular weight is 791 g/mol. The molecule has 1 aromatic carbocycles. The van der Waals surface area contributed by atoms with E-state index in [1.54, 1.807) is 13.8 Å². The third-order valence-electron chi connectivity index (χ3n) is 8.72. The number of rotatable bonds is 17. The van der Waals surface area contributed by atoms with Gasteiger partial charge in [0.1, 0.15) is 30.2 Å². The molecule has 6 atom stereocenters. The Hall–Kier alpha value is -4.69. The van der Waals surface area contributed by atoms with Gasteiger partial charge in [0, 0.05) is 12.0 Å². The largest absolute Gasteiger partial charge is 0.480 e. The lowest BCUT2D eigenvalue weighted by Crippen LogP contribution is -2.59. The van der Waals surface area contributed by atoms with Gasteiger partial charge in [-0.3, -0.25) is 24.0 Å². The van der Waals surface area contributed by atoms with Crippen molar-refractivity contribution in [3.8, 4) is 0 Å². The Morgan fingerprint density at radius 1 is 0.745 bits per heavy atom. The average Bonchev–Trinajstić information content (AvgIpc) is 3.13. The Balaban J connectivity index is 2.57. The fraction of sp³-hybridized carbons (Fsp3) is 0.600. The van der Waals surface area contributed by atoms with Gasteiger partial charge in [0.2, 0.25) is 35.4 Å². The highest BCUT2D eigenvalue weighted by molar-refractivity contribution is 5.96. The molecule has 0 radical (unpaired) electrons. The third kappa shape index (κ3) is 14.2. The van der Waals surface area contributed by atoms with Crippen LogP contribution in [0.2, 0.25) is 0 Å². The minimum absolute atomic E-state index is 0.0274. The fourth-order valence-electron chi connectivity index (χ4n) is 5.64. The van der Waals surface area contributed by atoms with Crippen molar-refractivity contribution in [2.24, 2.45) is 23.1 Å². The normalized spacial score (nSPS) is 21.4. The van der Waals surface area contributed by atoms with Crippen LogP contribution in [0.1, 0.15) is 77.2 Å². The Labute approximate surface area is 315 Å². The van der Waals surface area contributed by atoms with E-state index in [1.165, 1.54) is 12.2 Å². The first-order chi connectivity index (χ1) is 25.9. The zero-order valence-corrected chi connectivity index (χ0v) is 30.7. The van der Waals surface area contributed by atoms with E-state index in [1.807, 2.05) is 0 Å². The number of nitrogens with one attached hydrogen (secondary N) is 5. The number of benzene rings is 1. The van der Waals surface area contributed by atoms with Crippen molar-refractivity contribution in [1.82, 2.24) is 26.6 Å². The number of halogens is 5. The third-order valence-corrected chi connectivity index (χ3v) is 8.72. The minimum atomic E-state index is -2.46. The number of carboxylic acid groups (broad SMARTS) is 1. The van der Waals surface area contributed by atoms with Gasteiger partial charge >= 0.3 is 5.97 Å². The topological polar surface area (TPSA) is 261 Å². The van der Waals surface area contributed by atoms with Crippen LogP contribution in [0, 0.1) is 35.0 Å². The second-order valence-corrected chi connectivity index (χ2v) is 13.6. The maximum Gasteiger partial charge on any atom is 0.326 e. The molecule has 0 spiro atoms. The summed E-state index contributed by atoms with van der Waals surface area (Å²) in [5, 5.41) is 21.6. The van der Waals surface area contributed by atoms with E-state index in [9.17, 15) is 55.8 Å². The molecule has 0 saturated carbocycles. The summed E-state index contributed by atoms with van der Waals surface area (Å²) >= 11 is 0. The summed E-state index contributed by atoms with van der Waals surface area (Å²) in [5.74, 6) is -18.3. The van der Waals surface area contributed by atoms with Gasteiger partial charge in [-0.15, -0.1) is 0 Å². The summed E-state index contributed by atoms with van der Waals surface area (Å²) in [6.45, 7) is 3.84. The number of nitrogens with two attached hydrogens (primary N) is 3. The molecule has 0 unspecified atom stereocenters. The van der Waals surface area contributed by atoms with Crippen LogP contribution in [-0.2, 0) is 35.2 Å². The standard InChI is InChI=1S/C35H51F5N8O7/c1-17(2)15-24(35(54)55)48-34(53)23(16-18-25(36)27(38)29(40)28(39)26(18)37)47-33(52)21-10-4-3-9-19(43)30(49)44-20(11-5-7-13-41)31(50)46-22(32(51)45-21)12-6-8-14-42/h3-4,17,19-24H,5-16,41-43H2,1-2H3,(H,44,49)(H,45,51)(H,46,50)(H,47,52)(H,48,53)(H,54,55)/b4-3+/t19-,20-,21-,22-,23-,24-/m0/s1. The first kappa shape index (κ1) is 46.5. The Bertz CT molecular complexity index is 1540. The predicted octanol–water partition coefficient (Wildman–Crippen LogP) is 0.415. The van der Waals surface area contributed by atoms with Crippen molar-refractivity contribution in [3.63, 3.8) is 0 Å². The Kier molecular flexibility index (Phi) is 19.1. The van der Waals surface area contributed by atoms with Crippen LogP contribution in [0.5, 0.6) is 0 Å². The molecule has 1 aliphatic rings. The monoisotopic (exact) mass is 790 g/mol. The summed E-state index contributed by atoms with van der Waals surface area (Å²) in [5.41, 5.74) is 15.7. The van der Waals surface area contributed by atoms with Crippen LogP contribution < -0.4 is 43.8 Å². The molecular weight excluding hydrogens is 739 g/mol. The van der Waals surface area contributed by atoms with Crippen LogP contribution >= 0.6 is 0 Å².